The zero-order valence-electron chi connectivity index (χ0n) is 11.6. The van der Waals surface area contributed by atoms with Gasteiger partial charge in [-0.05, 0) is 43.7 Å². The molecular weight excluding hydrogens is 273 g/mol. The summed E-state index contributed by atoms with van der Waals surface area (Å²) in [4.78, 5) is 14.2. The molecule has 2 nitrogen and oxygen atoms in total. The minimum Gasteiger partial charge on any atom is -0.311 e. The summed E-state index contributed by atoms with van der Waals surface area (Å²) in [6.45, 7) is 3.96. The third-order valence-corrected chi connectivity index (χ3v) is 3.55. The van der Waals surface area contributed by atoms with E-state index in [1.165, 1.54) is 18.2 Å². The first kappa shape index (κ1) is 14.6. The van der Waals surface area contributed by atoms with Gasteiger partial charge >= 0.3 is 0 Å². The maximum absolute atomic E-state index is 13.2. The van der Waals surface area contributed by atoms with Crippen molar-refractivity contribution in [3.63, 3.8) is 0 Å². The number of halogens is 1. The summed E-state index contributed by atoms with van der Waals surface area (Å²) in [5.41, 5.74) is 3.42. The van der Waals surface area contributed by atoms with E-state index in [-0.39, 0.29) is 10.8 Å². The van der Waals surface area contributed by atoms with Crippen molar-refractivity contribution < 1.29 is 9.18 Å². The van der Waals surface area contributed by atoms with Crippen molar-refractivity contribution >= 4 is 24.2 Å². The molecule has 2 rings (SSSR count). The predicted octanol–water partition coefficient (Wildman–Crippen LogP) is 4.01. The number of hydrogen-bond donors (Lipinski definition) is 1. The largest absolute Gasteiger partial charge is 0.311 e. The number of carbonyl (C=O) groups excluding carboxylic acids is 1. The van der Waals surface area contributed by atoms with E-state index in [0.29, 0.717) is 5.56 Å². The molecule has 1 amide bonds. The van der Waals surface area contributed by atoms with Crippen LogP contribution in [-0.4, -0.2) is 13.0 Å². The molecule has 0 unspecified atom stereocenters. The molecule has 0 N–H and O–H groups in total. The van der Waals surface area contributed by atoms with Crippen LogP contribution in [0.4, 0.5) is 10.1 Å². The average Bonchev–Trinajstić information content (AvgIpc) is 2.40. The monoisotopic (exact) mass is 289 g/mol. The van der Waals surface area contributed by atoms with E-state index in [0.717, 1.165) is 16.8 Å². The summed E-state index contributed by atoms with van der Waals surface area (Å²) in [6.07, 6.45) is 0. The number of nitrogens with zero attached hydrogens (tertiary/aromatic N) is 1. The Labute approximate surface area is 123 Å². The van der Waals surface area contributed by atoms with Crippen LogP contribution in [0.5, 0.6) is 0 Å². The van der Waals surface area contributed by atoms with Crippen LogP contribution in [0.1, 0.15) is 21.5 Å². The highest BCUT2D eigenvalue weighted by Gasteiger charge is 2.16. The highest BCUT2D eigenvalue weighted by atomic mass is 32.1. The van der Waals surface area contributed by atoms with Crippen LogP contribution in [0.2, 0.25) is 0 Å². The molecule has 104 valence electrons. The molecule has 0 aromatic heterocycles. The van der Waals surface area contributed by atoms with Gasteiger partial charge in [0, 0.05) is 23.2 Å². The van der Waals surface area contributed by atoms with Crippen LogP contribution in [0, 0.1) is 19.7 Å². The first-order valence-corrected chi connectivity index (χ1v) is 6.68. The Balaban J connectivity index is 2.34. The molecule has 0 heterocycles. The fourth-order valence-corrected chi connectivity index (χ4v) is 2.34. The van der Waals surface area contributed by atoms with E-state index in [2.05, 4.69) is 12.6 Å². The molecule has 0 aliphatic heterocycles. The van der Waals surface area contributed by atoms with Gasteiger partial charge in [0.05, 0.1) is 0 Å². The molecule has 20 heavy (non-hydrogen) atoms. The second kappa shape index (κ2) is 5.67. The molecule has 0 atom stereocenters. The Bertz CT molecular complexity index is 670. The fourth-order valence-electron chi connectivity index (χ4n) is 2.13. The topological polar surface area (TPSA) is 20.3 Å². The normalized spacial score (nSPS) is 10.4. The minimum absolute atomic E-state index is 0.171. The van der Waals surface area contributed by atoms with Gasteiger partial charge in [0.1, 0.15) is 5.82 Å². The average molecular weight is 289 g/mol. The lowest BCUT2D eigenvalue weighted by molar-refractivity contribution is 0.0992. The number of anilines is 1. The maximum Gasteiger partial charge on any atom is 0.258 e. The van der Waals surface area contributed by atoms with Crippen LogP contribution in [0.25, 0.3) is 0 Å². The summed E-state index contributed by atoms with van der Waals surface area (Å²) in [5, 5.41) is 0. The molecule has 2 aromatic rings. The Hall–Kier alpha value is -1.81. The van der Waals surface area contributed by atoms with Crippen molar-refractivity contribution in [2.75, 3.05) is 11.9 Å². The number of rotatable bonds is 2. The van der Waals surface area contributed by atoms with Gasteiger partial charge in [-0.2, -0.15) is 0 Å². The molecule has 0 saturated heterocycles. The zero-order chi connectivity index (χ0) is 14.9. The highest BCUT2D eigenvalue weighted by molar-refractivity contribution is 7.80. The molecule has 0 fully saturated rings. The van der Waals surface area contributed by atoms with Gasteiger partial charge in [-0.1, -0.05) is 17.7 Å². The molecule has 0 spiro atoms. The van der Waals surface area contributed by atoms with Crippen LogP contribution >= 0.6 is 12.6 Å². The molecule has 2 aromatic carbocycles. The number of benzene rings is 2. The Morgan fingerprint density at radius 1 is 1.15 bits per heavy atom. The van der Waals surface area contributed by atoms with Crippen molar-refractivity contribution in [1.29, 1.82) is 0 Å². The van der Waals surface area contributed by atoms with Crippen LogP contribution in [-0.2, 0) is 0 Å². The van der Waals surface area contributed by atoms with Crippen molar-refractivity contribution in [3.05, 3.63) is 58.9 Å². The minimum atomic E-state index is -0.431. The molecule has 0 aliphatic carbocycles. The van der Waals surface area contributed by atoms with Gasteiger partial charge < -0.3 is 4.90 Å². The summed E-state index contributed by atoms with van der Waals surface area (Å²) in [6, 6.07) is 10.1. The van der Waals surface area contributed by atoms with Crippen LogP contribution in [0.3, 0.4) is 0 Å². The summed E-state index contributed by atoms with van der Waals surface area (Å²) >= 11 is 4.01. The van der Waals surface area contributed by atoms with Crippen molar-refractivity contribution in [1.82, 2.24) is 0 Å². The zero-order valence-corrected chi connectivity index (χ0v) is 12.5. The lowest BCUT2D eigenvalue weighted by Crippen LogP contribution is -2.27. The number of amides is 1. The van der Waals surface area contributed by atoms with Gasteiger partial charge in [0.2, 0.25) is 0 Å². The molecule has 0 bridgehead atoms. The first-order chi connectivity index (χ1) is 9.40. The third kappa shape index (κ3) is 2.85. The lowest BCUT2D eigenvalue weighted by Gasteiger charge is -2.20. The first-order valence-electron chi connectivity index (χ1n) is 6.24. The van der Waals surface area contributed by atoms with E-state index < -0.39 is 5.82 Å². The van der Waals surface area contributed by atoms with Crippen molar-refractivity contribution in [2.45, 2.75) is 18.7 Å². The number of hydrogen-bond acceptors (Lipinski definition) is 2. The van der Waals surface area contributed by atoms with E-state index in [1.807, 2.05) is 32.0 Å². The maximum atomic E-state index is 13.2. The van der Waals surface area contributed by atoms with E-state index >= 15 is 0 Å². The summed E-state index contributed by atoms with van der Waals surface area (Å²) in [7, 11) is 1.71. The SMILES string of the molecule is Cc1ccc(N(C)C(=O)c2ccc(F)c(S)c2)c(C)c1. The Kier molecular flexibility index (Phi) is 4.14. The van der Waals surface area contributed by atoms with Crippen molar-refractivity contribution in [3.8, 4) is 0 Å². The van der Waals surface area contributed by atoms with Crippen molar-refractivity contribution in [2.24, 2.45) is 0 Å². The fraction of sp³-hybridized carbons (Fsp3) is 0.188. The Morgan fingerprint density at radius 2 is 1.85 bits per heavy atom. The van der Waals surface area contributed by atoms with Gasteiger partial charge in [-0.15, -0.1) is 12.6 Å². The smallest absolute Gasteiger partial charge is 0.258 e. The summed E-state index contributed by atoms with van der Waals surface area (Å²) < 4.78 is 13.2. The second-order valence-electron chi connectivity index (χ2n) is 4.82. The molecule has 0 radical (unpaired) electrons. The molecule has 4 heteroatoms. The van der Waals surface area contributed by atoms with Gasteiger partial charge in [-0.3, -0.25) is 4.79 Å². The number of carbonyl (C=O) groups is 1. The quantitative estimate of drug-likeness (QED) is 0.828. The molecular formula is C16H16FNOS. The predicted molar refractivity (Wildman–Crippen MR) is 82.3 cm³/mol. The van der Waals surface area contributed by atoms with Crippen LogP contribution in [0.15, 0.2) is 41.3 Å². The lowest BCUT2D eigenvalue weighted by atomic mass is 10.1. The van der Waals surface area contributed by atoms with E-state index in [1.54, 1.807) is 11.9 Å². The van der Waals surface area contributed by atoms with E-state index in [4.69, 9.17) is 0 Å². The number of thiol groups is 1. The molecule has 0 aliphatic rings. The van der Waals surface area contributed by atoms with E-state index in [9.17, 15) is 9.18 Å². The van der Waals surface area contributed by atoms with Gasteiger partial charge in [0.15, 0.2) is 0 Å². The third-order valence-electron chi connectivity index (χ3n) is 3.21. The number of aryl methyl sites for hydroxylation is 2. The van der Waals surface area contributed by atoms with Crippen LogP contribution < -0.4 is 4.90 Å². The van der Waals surface area contributed by atoms with Gasteiger partial charge in [0.25, 0.3) is 5.91 Å². The highest BCUT2D eigenvalue weighted by Crippen LogP contribution is 2.23. The van der Waals surface area contributed by atoms with Gasteiger partial charge in [-0.25, -0.2) is 4.39 Å². The molecule has 0 saturated carbocycles. The summed E-state index contributed by atoms with van der Waals surface area (Å²) in [5.74, 6) is -0.619. The standard InChI is InChI=1S/C16H16FNOS/c1-10-4-7-14(11(2)8-10)18(3)16(19)12-5-6-13(17)15(20)9-12/h4-9,20H,1-3H3. The Morgan fingerprint density at radius 3 is 2.45 bits per heavy atom. The second-order valence-corrected chi connectivity index (χ2v) is 5.30.